The minimum atomic E-state index is -0.778. The van der Waals surface area contributed by atoms with E-state index in [4.69, 9.17) is 9.47 Å². The van der Waals surface area contributed by atoms with Crippen molar-refractivity contribution >= 4 is 11.9 Å². The molecule has 1 N–H and O–H groups in total. The molecule has 0 heterocycles. The molecular weight excluding hydrogens is 633 g/mol. The maximum Gasteiger partial charge on any atom is 0.306 e. The summed E-state index contributed by atoms with van der Waals surface area (Å²) < 4.78 is 10.6. The maximum absolute atomic E-state index is 12.2. The van der Waals surface area contributed by atoms with Crippen molar-refractivity contribution < 1.29 is 24.2 Å². The molecule has 0 amide bonds. The van der Waals surface area contributed by atoms with Gasteiger partial charge >= 0.3 is 11.9 Å². The molecule has 5 heteroatoms. The number of rotatable bonds is 39. The number of esters is 2. The second-order valence-electron chi connectivity index (χ2n) is 14.4. The van der Waals surface area contributed by atoms with Crippen LogP contribution in [-0.2, 0) is 19.1 Å². The van der Waals surface area contributed by atoms with E-state index in [1.807, 2.05) is 0 Å². The first-order valence-electron chi connectivity index (χ1n) is 21.7. The summed E-state index contributed by atoms with van der Waals surface area (Å²) in [6.45, 7) is 4.08. The Bertz CT molecular complexity index is 858. The van der Waals surface area contributed by atoms with Crippen LogP contribution < -0.4 is 0 Å². The third-order valence-corrected chi connectivity index (χ3v) is 9.35. The minimum absolute atomic E-state index is 0.0739. The van der Waals surface area contributed by atoms with Gasteiger partial charge in [-0.25, -0.2) is 0 Å². The number of hydrogen-bond donors (Lipinski definition) is 1. The summed E-state index contributed by atoms with van der Waals surface area (Å²) in [6, 6.07) is 0. The lowest BCUT2D eigenvalue weighted by molar-refractivity contribution is -0.161. The van der Waals surface area contributed by atoms with Crippen molar-refractivity contribution in [3.8, 4) is 0 Å². The summed E-state index contributed by atoms with van der Waals surface area (Å²) in [6.07, 6.45) is 53.2. The molecule has 0 aromatic rings. The second kappa shape index (κ2) is 42.3. The molecule has 0 spiro atoms. The van der Waals surface area contributed by atoms with Crippen LogP contribution in [0.3, 0.4) is 0 Å². The lowest BCUT2D eigenvalue weighted by Crippen LogP contribution is -2.28. The Hall–Kier alpha value is -2.14. The van der Waals surface area contributed by atoms with Gasteiger partial charge in [-0.15, -0.1) is 0 Å². The highest BCUT2D eigenvalue weighted by atomic mass is 16.6. The molecule has 5 nitrogen and oxygen atoms in total. The van der Waals surface area contributed by atoms with E-state index in [9.17, 15) is 14.7 Å². The molecule has 0 radical (unpaired) electrons. The van der Waals surface area contributed by atoms with E-state index < -0.39 is 6.10 Å². The van der Waals surface area contributed by atoms with Crippen molar-refractivity contribution in [1.82, 2.24) is 0 Å². The van der Waals surface area contributed by atoms with Crippen molar-refractivity contribution in [3.05, 3.63) is 48.6 Å². The molecule has 0 aromatic heterocycles. The molecule has 0 aromatic carbocycles. The Balaban J connectivity index is 3.54. The maximum atomic E-state index is 12.2. The van der Waals surface area contributed by atoms with E-state index in [-0.39, 0.29) is 25.2 Å². The number of ether oxygens (including phenoxy) is 2. The third kappa shape index (κ3) is 40.5. The van der Waals surface area contributed by atoms with Gasteiger partial charge < -0.3 is 14.6 Å². The topological polar surface area (TPSA) is 72.8 Å². The summed E-state index contributed by atoms with van der Waals surface area (Å²) in [5, 5.41) is 9.57. The monoisotopic (exact) mass is 715 g/mol. The Kier molecular flexibility index (Phi) is 40.5. The summed E-state index contributed by atoms with van der Waals surface area (Å²) in [5.41, 5.74) is 0. The van der Waals surface area contributed by atoms with Crippen LogP contribution in [-0.4, -0.2) is 36.4 Å². The van der Waals surface area contributed by atoms with Crippen LogP contribution in [0, 0.1) is 0 Å². The molecule has 0 saturated carbocycles. The van der Waals surface area contributed by atoms with Crippen LogP contribution >= 0.6 is 0 Å². The molecule has 0 bridgehead atoms. The molecule has 51 heavy (non-hydrogen) atoms. The van der Waals surface area contributed by atoms with Crippen molar-refractivity contribution in [3.63, 3.8) is 0 Å². The molecule has 0 aliphatic rings. The molecule has 0 aliphatic heterocycles. The lowest BCUT2D eigenvalue weighted by Gasteiger charge is -2.15. The van der Waals surface area contributed by atoms with E-state index in [2.05, 4.69) is 62.5 Å². The smallest absolute Gasteiger partial charge is 0.306 e. The van der Waals surface area contributed by atoms with Crippen LogP contribution in [0.4, 0.5) is 0 Å². The number of carbonyl (C=O) groups excluding carboxylic acids is 2. The molecule has 296 valence electrons. The van der Waals surface area contributed by atoms with Gasteiger partial charge in [0, 0.05) is 12.8 Å². The van der Waals surface area contributed by atoms with Gasteiger partial charge in [-0.2, -0.15) is 0 Å². The SMILES string of the molecule is CCCC/C=C\C/C=C\CCCCCCCC(=O)OCC(CO)OC(=O)CCCCCCCCCCCCC/C=C\C/C=C\CCCCCCC. The summed E-state index contributed by atoms with van der Waals surface area (Å²) in [7, 11) is 0. The lowest BCUT2D eigenvalue weighted by atomic mass is 10.0. The van der Waals surface area contributed by atoms with Gasteiger partial charge in [0.1, 0.15) is 6.61 Å². The molecule has 0 fully saturated rings. The molecule has 0 aliphatic carbocycles. The summed E-state index contributed by atoms with van der Waals surface area (Å²) in [4.78, 5) is 24.3. The zero-order valence-electron chi connectivity index (χ0n) is 33.6. The Morgan fingerprint density at radius 1 is 0.451 bits per heavy atom. The molecular formula is C46H82O5. The van der Waals surface area contributed by atoms with Gasteiger partial charge in [0.25, 0.3) is 0 Å². The van der Waals surface area contributed by atoms with Crippen LogP contribution in [0.5, 0.6) is 0 Å². The zero-order chi connectivity index (χ0) is 37.1. The Morgan fingerprint density at radius 2 is 0.804 bits per heavy atom. The Morgan fingerprint density at radius 3 is 1.22 bits per heavy atom. The summed E-state index contributed by atoms with van der Waals surface area (Å²) in [5.74, 6) is -0.607. The highest BCUT2D eigenvalue weighted by Gasteiger charge is 2.16. The molecule has 1 atom stereocenters. The van der Waals surface area contributed by atoms with Crippen molar-refractivity contribution in [1.29, 1.82) is 0 Å². The van der Waals surface area contributed by atoms with E-state index in [1.165, 1.54) is 128 Å². The number of hydrogen-bond acceptors (Lipinski definition) is 5. The van der Waals surface area contributed by atoms with Gasteiger partial charge in [-0.1, -0.05) is 178 Å². The van der Waals surface area contributed by atoms with E-state index in [1.54, 1.807) is 0 Å². The van der Waals surface area contributed by atoms with E-state index in [0.29, 0.717) is 12.8 Å². The third-order valence-electron chi connectivity index (χ3n) is 9.35. The standard InChI is InChI=1S/C46H82O5/c1-3-5-7-9-11-13-15-17-19-20-21-22-23-24-25-26-27-29-31-33-35-37-39-41-46(49)51-44(42-47)43-50-45(48)40-38-36-34-32-30-28-18-16-14-12-10-8-6-4-2/h10,12,15-18,20-21,44,47H,3-9,11,13-14,19,22-43H2,1-2H3/b12-10-,17-15-,18-16-,21-20-. The second-order valence-corrected chi connectivity index (χ2v) is 14.4. The van der Waals surface area contributed by atoms with Crippen LogP contribution in [0.1, 0.15) is 213 Å². The van der Waals surface area contributed by atoms with Gasteiger partial charge in [-0.05, 0) is 70.6 Å². The van der Waals surface area contributed by atoms with Crippen molar-refractivity contribution in [2.45, 2.75) is 219 Å². The predicted molar refractivity (Wildman–Crippen MR) is 219 cm³/mol. The largest absolute Gasteiger partial charge is 0.462 e. The predicted octanol–water partition coefficient (Wildman–Crippen LogP) is 13.8. The first-order valence-corrected chi connectivity index (χ1v) is 21.7. The zero-order valence-corrected chi connectivity index (χ0v) is 33.6. The summed E-state index contributed by atoms with van der Waals surface area (Å²) >= 11 is 0. The van der Waals surface area contributed by atoms with E-state index in [0.717, 1.165) is 57.8 Å². The normalized spacial score (nSPS) is 12.6. The van der Waals surface area contributed by atoms with E-state index >= 15 is 0 Å². The minimum Gasteiger partial charge on any atom is -0.462 e. The Labute approximate surface area is 316 Å². The first kappa shape index (κ1) is 48.9. The van der Waals surface area contributed by atoms with Crippen LogP contribution in [0.15, 0.2) is 48.6 Å². The van der Waals surface area contributed by atoms with Crippen LogP contribution in [0.25, 0.3) is 0 Å². The first-order chi connectivity index (χ1) is 25.1. The van der Waals surface area contributed by atoms with Gasteiger partial charge in [0.05, 0.1) is 6.61 Å². The average Bonchev–Trinajstić information content (AvgIpc) is 3.13. The number of carbonyl (C=O) groups is 2. The molecule has 0 rings (SSSR count). The molecule has 1 unspecified atom stereocenters. The highest BCUT2D eigenvalue weighted by Crippen LogP contribution is 2.14. The van der Waals surface area contributed by atoms with Gasteiger partial charge in [-0.3, -0.25) is 9.59 Å². The fourth-order valence-electron chi connectivity index (χ4n) is 6.01. The number of unbranched alkanes of at least 4 members (excludes halogenated alkanes) is 23. The van der Waals surface area contributed by atoms with Crippen molar-refractivity contribution in [2.24, 2.45) is 0 Å². The van der Waals surface area contributed by atoms with Gasteiger partial charge in [0.15, 0.2) is 6.10 Å². The number of allylic oxidation sites excluding steroid dienone is 8. The number of aliphatic hydroxyl groups excluding tert-OH is 1. The van der Waals surface area contributed by atoms with Gasteiger partial charge in [0.2, 0.25) is 0 Å². The van der Waals surface area contributed by atoms with Crippen molar-refractivity contribution in [2.75, 3.05) is 13.2 Å². The highest BCUT2D eigenvalue weighted by molar-refractivity contribution is 5.70. The molecule has 0 saturated heterocycles. The average molecular weight is 715 g/mol. The number of aliphatic hydroxyl groups is 1. The quantitative estimate of drug-likeness (QED) is 0.0390. The fourth-order valence-corrected chi connectivity index (χ4v) is 6.01. The van der Waals surface area contributed by atoms with Crippen LogP contribution in [0.2, 0.25) is 0 Å². The fraction of sp³-hybridized carbons (Fsp3) is 0.783.